The molecule has 0 aromatic heterocycles. The van der Waals surface area contributed by atoms with Crippen molar-refractivity contribution in [2.75, 3.05) is 33.8 Å². The SMILES string of the molecule is CCC(C)[C@@H]1NC(=O)[C@@H]2CCCN2C(=O)[C@H](C[C@@H](O)CO)OC(=O)CCNC(=O)[C@H](C)N(C)C(=O)[C@H](C(C)C)N(C)C1=O. The number of rotatable bonds is 6. The zero-order chi connectivity index (χ0) is 32.6. The minimum atomic E-state index is -1.48. The van der Waals surface area contributed by atoms with Gasteiger partial charge >= 0.3 is 5.97 Å². The fourth-order valence-electron chi connectivity index (χ4n) is 5.42. The summed E-state index contributed by atoms with van der Waals surface area (Å²) in [6.07, 6.45) is -2.21. The van der Waals surface area contributed by atoms with Gasteiger partial charge in [0.15, 0.2) is 6.10 Å². The highest BCUT2D eigenvalue weighted by Crippen LogP contribution is 2.23. The molecule has 2 aliphatic rings. The molecule has 5 amide bonds. The molecule has 4 N–H and O–H groups in total. The first kappa shape index (κ1) is 35.9. The smallest absolute Gasteiger partial charge is 0.308 e. The summed E-state index contributed by atoms with van der Waals surface area (Å²) >= 11 is 0. The maximum atomic E-state index is 13.9. The third kappa shape index (κ3) is 8.88. The molecule has 0 bridgehead atoms. The fourth-order valence-corrected chi connectivity index (χ4v) is 5.42. The maximum Gasteiger partial charge on any atom is 0.308 e. The molecule has 244 valence electrons. The molecule has 7 atom stereocenters. The van der Waals surface area contributed by atoms with Crippen molar-refractivity contribution in [3.05, 3.63) is 0 Å². The summed E-state index contributed by atoms with van der Waals surface area (Å²) in [5, 5.41) is 24.8. The summed E-state index contributed by atoms with van der Waals surface area (Å²) in [5.41, 5.74) is 0. The molecule has 43 heavy (non-hydrogen) atoms. The van der Waals surface area contributed by atoms with Gasteiger partial charge in [0, 0.05) is 33.6 Å². The summed E-state index contributed by atoms with van der Waals surface area (Å²) in [6, 6.07) is -3.84. The van der Waals surface area contributed by atoms with Gasteiger partial charge in [-0.05, 0) is 31.6 Å². The van der Waals surface area contributed by atoms with Gasteiger partial charge in [-0.2, -0.15) is 0 Å². The highest BCUT2D eigenvalue weighted by atomic mass is 16.5. The lowest BCUT2D eigenvalue weighted by Crippen LogP contribution is -2.60. The van der Waals surface area contributed by atoms with E-state index in [2.05, 4.69) is 10.6 Å². The molecule has 14 heteroatoms. The number of aliphatic hydroxyl groups excluding tert-OH is 2. The van der Waals surface area contributed by atoms with E-state index in [1.807, 2.05) is 6.92 Å². The Kier molecular flexibility index (Phi) is 13.4. The molecular formula is C29H49N5O9. The largest absolute Gasteiger partial charge is 0.452 e. The summed E-state index contributed by atoms with van der Waals surface area (Å²) in [4.78, 5) is 84.1. The highest BCUT2D eigenvalue weighted by Gasteiger charge is 2.43. The molecular weight excluding hydrogens is 562 g/mol. The van der Waals surface area contributed by atoms with Gasteiger partial charge in [0.1, 0.15) is 24.2 Å². The number of amides is 5. The average Bonchev–Trinajstić information content (AvgIpc) is 3.46. The lowest BCUT2D eigenvalue weighted by molar-refractivity contribution is -0.163. The van der Waals surface area contributed by atoms with E-state index >= 15 is 0 Å². The van der Waals surface area contributed by atoms with Gasteiger partial charge in [-0.25, -0.2) is 0 Å². The van der Waals surface area contributed by atoms with Crippen molar-refractivity contribution in [3.63, 3.8) is 0 Å². The molecule has 0 spiro atoms. The number of nitrogens with one attached hydrogen (secondary N) is 2. The Hall–Kier alpha value is -3.26. The van der Waals surface area contributed by atoms with Gasteiger partial charge in [-0.15, -0.1) is 0 Å². The number of hydrogen-bond acceptors (Lipinski definition) is 9. The van der Waals surface area contributed by atoms with E-state index in [0.717, 1.165) is 0 Å². The van der Waals surface area contributed by atoms with Crippen LogP contribution >= 0.6 is 0 Å². The Morgan fingerprint density at radius 3 is 2.21 bits per heavy atom. The number of aliphatic hydroxyl groups is 2. The lowest BCUT2D eigenvalue weighted by atomic mass is 9.94. The number of likely N-dealkylation sites (N-methyl/N-ethyl adjacent to an activating group) is 2. The van der Waals surface area contributed by atoms with E-state index in [1.54, 1.807) is 20.8 Å². The number of esters is 1. The van der Waals surface area contributed by atoms with Crippen LogP contribution < -0.4 is 10.6 Å². The van der Waals surface area contributed by atoms with Crippen LogP contribution in [0.4, 0.5) is 0 Å². The zero-order valence-corrected chi connectivity index (χ0v) is 26.4. The number of carbonyl (C=O) groups excluding carboxylic acids is 6. The van der Waals surface area contributed by atoms with Crippen LogP contribution in [0.25, 0.3) is 0 Å². The maximum absolute atomic E-state index is 13.9. The minimum absolute atomic E-state index is 0.148. The normalized spacial score (nSPS) is 28.9. The molecule has 1 unspecified atom stereocenters. The van der Waals surface area contributed by atoms with E-state index in [9.17, 15) is 39.0 Å². The van der Waals surface area contributed by atoms with Gasteiger partial charge in [-0.3, -0.25) is 28.8 Å². The molecule has 0 aromatic carbocycles. The second kappa shape index (κ2) is 16.0. The molecule has 2 aliphatic heterocycles. The second-order valence-corrected chi connectivity index (χ2v) is 11.9. The summed E-state index contributed by atoms with van der Waals surface area (Å²) in [6.45, 7) is 8.14. The molecule has 14 nitrogen and oxygen atoms in total. The Labute approximate surface area is 253 Å². The van der Waals surface area contributed by atoms with Crippen LogP contribution in [0, 0.1) is 11.8 Å². The number of hydrogen-bond donors (Lipinski definition) is 4. The predicted molar refractivity (Wildman–Crippen MR) is 155 cm³/mol. The number of fused-ring (bicyclic) bond motifs is 1. The van der Waals surface area contributed by atoms with Crippen molar-refractivity contribution in [1.29, 1.82) is 0 Å². The third-order valence-electron chi connectivity index (χ3n) is 8.45. The third-order valence-corrected chi connectivity index (χ3v) is 8.45. The van der Waals surface area contributed by atoms with Crippen LogP contribution in [0.1, 0.15) is 66.7 Å². The van der Waals surface area contributed by atoms with E-state index in [1.165, 1.54) is 35.7 Å². The molecule has 0 saturated carbocycles. The Morgan fingerprint density at radius 2 is 1.63 bits per heavy atom. The highest BCUT2D eigenvalue weighted by molar-refractivity contribution is 5.96. The van der Waals surface area contributed by atoms with Gasteiger partial charge in [0.05, 0.1) is 19.1 Å². The molecule has 2 saturated heterocycles. The fraction of sp³-hybridized carbons (Fsp3) is 0.793. The number of nitrogens with zero attached hydrogens (tertiary/aromatic N) is 3. The van der Waals surface area contributed by atoms with Crippen LogP contribution in [0.2, 0.25) is 0 Å². The first-order chi connectivity index (χ1) is 20.2. The van der Waals surface area contributed by atoms with Crippen molar-refractivity contribution >= 4 is 35.5 Å². The van der Waals surface area contributed by atoms with E-state index in [4.69, 9.17) is 4.74 Å². The zero-order valence-electron chi connectivity index (χ0n) is 26.4. The minimum Gasteiger partial charge on any atom is -0.452 e. The van der Waals surface area contributed by atoms with Crippen LogP contribution in [0.3, 0.4) is 0 Å². The Morgan fingerprint density at radius 1 is 0.977 bits per heavy atom. The van der Waals surface area contributed by atoms with Gasteiger partial charge in [0.25, 0.3) is 5.91 Å². The molecule has 2 fully saturated rings. The van der Waals surface area contributed by atoms with Crippen LogP contribution in [-0.2, 0) is 33.5 Å². The van der Waals surface area contributed by atoms with Crippen molar-refractivity contribution in [2.24, 2.45) is 11.8 Å². The standard InChI is InChI=1S/C29H49N5O9/c1-8-17(4)23-28(41)33(7)24(16(2)3)29(42)32(6)18(5)25(38)30-12-11-22(37)43-21(14-19(36)15-35)27(40)34-13-9-10-20(34)26(39)31-23/h16-21,23-24,35-36H,8-15H2,1-7H3,(H,30,38)(H,31,39)/t17?,18-,19+,20-,21-,23-,24-/m0/s1. The van der Waals surface area contributed by atoms with Crippen LogP contribution in [-0.4, -0.2) is 131 Å². The second-order valence-electron chi connectivity index (χ2n) is 11.9. The average molecular weight is 612 g/mol. The number of carbonyl (C=O) groups is 6. The van der Waals surface area contributed by atoms with Gasteiger partial charge in [-0.1, -0.05) is 34.1 Å². The molecule has 0 aliphatic carbocycles. The van der Waals surface area contributed by atoms with Gasteiger partial charge < -0.3 is 40.3 Å². The van der Waals surface area contributed by atoms with Crippen LogP contribution in [0.15, 0.2) is 0 Å². The quantitative estimate of drug-likeness (QED) is 0.274. The number of ether oxygens (including phenoxy) is 1. The predicted octanol–water partition coefficient (Wildman–Crippen LogP) is -0.987. The lowest BCUT2D eigenvalue weighted by Gasteiger charge is -2.38. The molecule has 2 heterocycles. The molecule has 0 radical (unpaired) electrons. The monoisotopic (exact) mass is 611 g/mol. The number of cyclic esters (lactones) is 1. The van der Waals surface area contributed by atoms with E-state index in [-0.39, 0.29) is 31.3 Å². The van der Waals surface area contributed by atoms with Crippen molar-refractivity contribution in [2.45, 2.75) is 103 Å². The van der Waals surface area contributed by atoms with Crippen LogP contribution in [0.5, 0.6) is 0 Å². The summed E-state index contributed by atoms with van der Waals surface area (Å²) < 4.78 is 5.38. The summed E-state index contributed by atoms with van der Waals surface area (Å²) in [5.74, 6) is -4.22. The first-order valence-corrected chi connectivity index (χ1v) is 15.1. The summed E-state index contributed by atoms with van der Waals surface area (Å²) in [7, 11) is 2.96. The Bertz CT molecular complexity index is 1040. The van der Waals surface area contributed by atoms with E-state index in [0.29, 0.717) is 19.3 Å². The van der Waals surface area contributed by atoms with Crippen molar-refractivity contribution in [3.8, 4) is 0 Å². The van der Waals surface area contributed by atoms with Crippen molar-refractivity contribution in [1.82, 2.24) is 25.3 Å². The first-order valence-electron chi connectivity index (χ1n) is 15.1. The van der Waals surface area contributed by atoms with Crippen molar-refractivity contribution < 1.29 is 43.7 Å². The van der Waals surface area contributed by atoms with Gasteiger partial charge in [0.2, 0.25) is 23.6 Å². The topological polar surface area (TPSA) is 186 Å². The Balaban J connectivity index is 2.54. The molecule has 2 rings (SSSR count). The van der Waals surface area contributed by atoms with E-state index < -0.39 is 84.9 Å². The molecule has 0 aromatic rings.